The highest BCUT2D eigenvalue weighted by molar-refractivity contribution is 6.20. The third-order valence-electron chi connectivity index (χ3n) is 10.0. The lowest BCUT2D eigenvalue weighted by atomic mass is 9.84. The molecule has 1 heteroatoms. The molecule has 8 aromatic rings. The van der Waals surface area contributed by atoms with Crippen molar-refractivity contribution in [2.45, 2.75) is 12.8 Å². The Morgan fingerprint density at radius 3 is 1.38 bits per heavy atom. The molecule has 10 rings (SSSR count). The van der Waals surface area contributed by atoms with Gasteiger partial charge in [0.25, 0.3) is 0 Å². The zero-order valence-electron chi connectivity index (χ0n) is 24.8. The standard InChI is InChI=1S/C44H29N/c1-2-12-29-24-32(23-28(29)11-1)43-37-17-5-6-18-38(37)44(33-25-30-13-3-4-14-31(30)26-33)40-27-34(21-22-39(40)43)45-41-19-9-7-15-35(41)36-16-8-10-20-42(36)45/h1-23,25,27H,24,26H2. The summed E-state index contributed by atoms with van der Waals surface area (Å²) in [6.45, 7) is 0. The minimum atomic E-state index is 0.947. The summed E-state index contributed by atoms with van der Waals surface area (Å²) < 4.78 is 2.45. The molecule has 0 atom stereocenters. The quantitative estimate of drug-likeness (QED) is 0.186. The summed E-state index contributed by atoms with van der Waals surface area (Å²) in [5, 5.41) is 7.88. The van der Waals surface area contributed by atoms with Crippen molar-refractivity contribution >= 4 is 66.6 Å². The van der Waals surface area contributed by atoms with Crippen molar-refractivity contribution in [2.75, 3.05) is 0 Å². The van der Waals surface area contributed by atoms with Crippen LogP contribution >= 0.6 is 0 Å². The maximum atomic E-state index is 2.46. The summed E-state index contributed by atoms with van der Waals surface area (Å²) >= 11 is 0. The predicted molar refractivity (Wildman–Crippen MR) is 192 cm³/mol. The molecule has 0 N–H and O–H groups in total. The first-order valence-corrected chi connectivity index (χ1v) is 15.9. The first-order valence-electron chi connectivity index (χ1n) is 15.9. The van der Waals surface area contributed by atoms with Gasteiger partial charge in [0.2, 0.25) is 0 Å². The number of benzene rings is 7. The molecule has 0 bridgehead atoms. The van der Waals surface area contributed by atoms with Crippen LogP contribution in [0.3, 0.4) is 0 Å². The predicted octanol–water partition coefficient (Wildman–Crippen LogP) is 11.3. The minimum absolute atomic E-state index is 0.947. The second kappa shape index (κ2) is 9.42. The van der Waals surface area contributed by atoms with E-state index < -0.39 is 0 Å². The third kappa shape index (κ3) is 3.62. The molecule has 7 aromatic carbocycles. The number of hydrogen-bond acceptors (Lipinski definition) is 0. The van der Waals surface area contributed by atoms with E-state index in [1.54, 1.807) is 0 Å². The highest BCUT2D eigenvalue weighted by Crippen LogP contribution is 2.46. The minimum Gasteiger partial charge on any atom is -0.309 e. The van der Waals surface area contributed by atoms with Gasteiger partial charge in [0.05, 0.1) is 11.0 Å². The molecular formula is C44H29N. The second-order valence-corrected chi connectivity index (χ2v) is 12.5. The molecule has 2 aliphatic rings. The normalized spacial score (nSPS) is 13.9. The van der Waals surface area contributed by atoms with Gasteiger partial charge in [-0.15, -0.1) is 0 Å². The third-order valence-corrected chi connectivity index (χ3v) is 10.0. The van der Waals surface area contributed by atoms with Gasteiger partial charge < -0.3 is 4.57 Å². The van der Waals surface area contributed by atoms with Crippen molar-refractivity contribution in [3.63, 3.8) is 0 Å². The number of para-hydroxylation sites is 2. The van der Waals surface area contributed by atoms with Crippen LogP contribution in [0.1, 0.15) is 33.4 Å². The van der Waals surface area contributed by atoms with Gasteiger partial charge in [0.15, 0.2) is 0 Å². The van der Waals surface area contributed by atoms with E-state index in [0.29, 0.717) is 0 Å². The Balaban J connectivity index is 1.31. The van der Waals surface area contributed by atoms with E-state index in [1.807, 2.05) is 0 Å². The van der Waals surface area contributed by atoms with Crippen LogP contribution in [0, 0.1) is 0 Å². The summed E-state index contributed by atoms with van der Waals surface area (Å²) in [5.74, 6) is 0. The summed E-state index contributed by atoms with van der Waals surface area (Å²) in [4.78, 5) is 0. The molecule has 210 valence electrons. The Morgan fingerprint density at radius 1 is 0.378 bits per heavy atom. The van der Waals surface area contributed by atoms with E-state index in [2.05, 4.69) is 156 Å². The first kappa shape index (κ1) is 24.7. The Kier molecular flexibility index (Phi) is 5.18. The molecule has 1 heterocycles. The van der Waals surface area contributed by atoms with E-state index in [9.17, 15) is 0 Å². The van der Waals surface area contributed by atoms with E-state index in [-0.39, 0.29) is 0 Å². The van der Waals surface area contributed by atoms with Crippen LogP contribution in [0.25, 0.3) is 72.3 Å². The van der Waals surface area contributed by atoms with Gasteiger partial charge in [-0.2, -0.15) is 0 Å². The van der Waals surface area contributed by atoms with Crippen molar-refractivity contribution in [3.05, 3.63) is 173 Å². The summed E-state index contributed by atoms with van der Waals surface area (Å²) in [6.07, 6.45) is 6.75. The molecule has 0 unspecified atom stereocenters. The molecule has 1 nitrogen and oxygen atoms in total. The zero-order valence-corrected chi connectivity index (χ0v) is 24.8. The molecule has 0 amide bonds. The average molecular weight is 572 g/mol. The lowest BCUT2D eigenvalue weighted by molar-refractivity contribution is 1.19. The monoisotopic (exact) mass is 571 g/mol. The fourth-order valence-corrected chi connectivity index (χ4v) is 8.08. The molecule has 45 heavy (non-hydrogen) atoms. The highest BCUT2D eigenvalue weighted by atomic mass is 15.0. The average Bonchev–Trinajstić information content (AvgIpc) is 3.80. The van der Waals surface area contributed by atoms with Crippen molar-refractivity contribution in [3.8, 4) is 5.69 Å². The Bertz CT molecular complexity index is 2540. The summed E-state index contributed by atoms with van der Waals surface area (Å²) in [6, 6.07) is 51.6. The summed E-state index contributed by atoms with van der Waals surface area (Å²) in [5.41, 5.74) is 14.7. The van der Waals surface area contributed by atoms with Crippen molar-refractivity contribution < 1.29 is 0 Å². The van der Waals surface area contributed by atoms with Crippen molar-refractivity contribution in [1.82, 2.24) is 4.57 Å². The molecular weight excluding hydrogens is 542 g/mol. The van der Waals surface area contributed by atoms with E-state index in [1.165, 1.54) is 93.6 Å². The molecule has 0 saturated carbocycles. The van der Waals surface area contributed by atoms with Crippen LogP contribution in [0.4, 0.5) is 0 Å². The van der Waals surface area contributed by atoms with E-state index >= 15 is 0 Å². The maximum Gasteiger partial charge on any atom is 0.0541 e. The van der Waals surface area contributed by atoms with Crippen LogP contribution in [-0.2, 0) is 12.8 Å². The fraction of sp³-hybridized carbons (Fsp3) is 0.0455. The molecule has 0 fully saturated rings. The molecule has 0 radical (unpaired) electrons. The number of aromatic nitrogens is 1. The maximum absolute atomic E-state index is 2.46. The van der Waals surface area contributed by atoms with Gasteiger partial charge in [0, 0.05) is 16.5 Å². The zero-order chi connectivity index (χ0) is 29.5. The van der Waals surface area contributed by atoms with Gasteiger partial charge in [-0.25, -0.2) is 0 Å². The SMILES string of the molecule is C1=C(c2c3ccccc3c(C3=Cc4ccccc4C3)c3cc(-n4c5ccccc5c5ccccc54)ccc23)Cc2ccccc21. The molecule has 0 spiro atoms. The topological polar surface area (TPSA) is 4.93 Å². The second-order valence-electron chi connectivity index (χ2n) is 12.5. The molecule has 0 aliphatic heterocycles. The van der Waals surface area contributed by atoms with Crippen molar-refractivity contribution in [2.24, 2.45) is 0 Å². The van der Waals surface area contributed by atoms with Crippen LogP contribution in [0.15, 0.2) is 140 Å². The largest absolute Gasteiger partial charge is 0.309 e. The molecule has 1 aromatic heterocycles. The Labute approximate surface area is 262 Å². The Morgan fingerprint density at radius 2 is 0.822 bits per heavy atom. The lowest BCUT2D eigenvalue weighted by Crippen LogP contribution is -1.99. The van der Waals surface area contributed by atoms with Gasteiger partial charge in [-0.05, 0) is 103 Å². The Hall–Kier alpha value is -5.66. The summed E-state index contributed by atoms with van der Waals surface area (Å²) in [7, 11) is 0. The van der Waals surface area contributed by atoms with Gasteiger partial charge in [0.1, 0.15) is 0 Å². The highest BCUT2D eigenvalue weighted by Gasteiger charge is 2.24. The number of fused-ring (bicyclic) bond motifs is 7. The van der Waals surface area contributed by atoms with Crippen LogP contribution in [-0.4, -0.2) is 4.57 Å². The molecule has 0 saturated heterocycles. The smallest absolute Gasteiger partial charge is 0.0541 e. The lowest BCUT2D eigenvalue weighted by Gasteiger charge is -2.20. The van der Waals surface area contributed by atoms with Gasteiger partial charge >= 0.3 is 0 Å². The first-order chi connectivity index (χ1) is 22.3. The van der Waals surface area contributed by atoms with Crippen molar-refractivity contribution in [1.29, 1.82) is 0 Å². The van der Waals surface area contributed by atoms with Crippen LogP contribution in [0.5, 0.6) is 0 Å². The molecule has 2 aliphatic carbocycles. The van der Waals surface area contributed by atoms with Crippen LogP contribution < -0.4 is 0 Å². The van der Waals surface area contributed by atoms with E-state index in [0.717, 1.165) is 12.8 Å². The van der Waals surface area contributed by atoms with Gasteiger partial charge in [-0.3, -0.25) is 0 Å². The number of allylic oxidation sites excluding steroid dienone is 2. The number of nitrogens with zero attached hydrogens (tertiary/aromatic N) is 1. The number of hydrogen-bond donors (Lipinski definition) is 0. The van der Waals surface area contributed by atoms with E-state index in [4.69, 9.17) is 0 Å². The van der Waals surface area contributed by atoms with Crippen LogP contribution in [0.2, 0.25) is 0 Å². The number of rotatable bonds is 3. The fourth-order valence-electron chi connectivity index (χ4n) is 8.08. The van der Waals surface area contributed by atoms with Gasteiger partial charge in [-0.1, -0.05) is 127 Å².